The number of carboxylic acid groups (broad SMARTS) is 1. The molecule has 0 bridgehead atoms. The molecule has 2 nitrogen and oxygen atoms in total. The molecule has 4 heteroatoms. The Labute approximate surface area is 102 Å². The van der Waals surface area contributed by atoms with E-state index in [0.29, 0.717) is 0 Å². The van der Waals surface area contributed by atoms with Crippen LogP contribution >= 0.6 is 27.5 Å². The molecule has 15 heavy (non-hydrogen) atoms. The lowest BCUT2D eigenvalue weighted by molar-refractivity contribution is -0.136. The number of benzene rings is 1. The van der Waals surface area contributed by atoms with Crippen LogP contribution in [0.4, 0.5) is 0 Å². The standard InChI is InChI=1S/C11H12BrClO2/c12-9(7-11(14)15)4-1-8-2-5-10(13)6-3-8/h2-3,5-6,9H,1,4,7H2,(H,14,15). The number of carbonyl (C=O) groups is 1. The Hall–Kier alpha value is -0.540. The molecule has 1 N–H and O–H groups in total. The highest BCUT2D eigenvalue weighted by molar-refractivity contribution is 9.09. The predicted octanol–water partition coefficient (Wildman–Crippen LogP) is 3.51. The van der Waals surface area contributed by atoms with Crippen LogP contribution in [0.2, 0.25) is 5.02 Å². The normalized spacial score (nSPS) is 12.4. The summed E-state index contributed by atoms with van der Waals surface area (Å²) >= 11 is 9.10. The zero-order chi connectivity index (χ0) is 11.3. The summed E-state index contributed by atoms with van der Waals surface area (Å²) in [6.45, 7) is 0. The van der Waals surface area contributed by atoms with E-state index in [2.05, 4.69) is 15.9 Å². The minimum absolute atomic E-state index is 0.0330. The number of alkyl halides is 1. The van der Waals surface area contributed by atoms with Crippen molar-refractivity contribution < 1.29 is 9.90 Å². The van der Waals surface area contributed by atoms with Crippen LogP contribution in [0.15, 0.2) is 24.3 Å². The number of hydrogen-bond donors (Lipinski definition) is 1. The molecular weight excluding hydrogens is 279 g/mol. The van der Waals surface area contributed by atoms with Gasteiger partial charge < -0.3 is 5.11 Å². The van der Waals surface area contributed by atoms with Crippen molar-refractivity contribution >= 4 is 33.5 Å². The highest BCUT2D eigenvalue weighted by atomic mass is 79.9. The van der Waals surface area contributed by atoms with Crippen molar-refractivity contribution in [3.8, 4) is 0 Å². The maximum absolute atomic E-state index is 10.4. The van der Waals surface area contributed by atoms with Gasteiger partial charge in [-0.05, 0) is 30.5 Å². The van der Waals surface area contributed by atoms with Crippen LogP contribution in [0.5, 0.6) is 0 Å². The first-order valence-corrected chi connectivity index (χ1v) is 5.97. The molecule has 1 atom stereocenters. The molecule has 0 saturated carbocycles. The zero-order valence-corrected chi connectivity index (χ0v) is 10.5. The van der Waals surface area contributed by atoms with Gasteiger partial charge in [0.25, 0.3) is 0 Å². The van der Waals surface area contributed by atoms with Gasteiger partial charge in [0.2, 0.25) is 0 Å². The third-order valence-electron chi connectivity index (χ3n) is 2.06. The minimum Gasteiger partial charge on any atom is -0.481 e. The van der Waals surface area contributed by atoms with Crippen LogP contribution < -0.4 is 0 Å². The maximum atomic E-state index is 10.4. The highest BCUT2D eigenvalue weighted by Crippen LogP contribution is 2.16. The molecule has 0 heterocycles. The van der Waals surface area contributed by atoms with Gasteiger partial charge in [0.15, 0.2) is 0 Å². The van der Waals surface area contributed by atoms with E-state index in [-0.39, 0.29) is 11.2 Å². The molecule has 1 aromatic carbocycles. The topological polar surface area (TPSA) is 37.3 Å². The summed E-state index contributed by atoms with van der Waals surface area (Å²) in [7, 11) is 0. The average Bonchev–Trinajstić information content (AvgIpc) is 2.16. The Bertz CT molecular complexity index is 324. The van der Waals surface area contributed by atoms with Crippen LogP contribution in [0, 0.1) is 0 Å². The maximum Gasteiger partial charge on any atom is 0.304 e. The summed E-state index contributed by atoms with van der Waals surface area (Å²) in [5, 5.41) is 9.29. The Morgan fingerprint density at radius 3 is 2.53 bits per heavy atom. The SMILES string of the molecule is O=C(O)CC(Br)CCc1ccc(Cl)cc1. The number of aryl methyl sites for hydroxylation is 1. The van der Waals surface area contributed by atoms with Gasteiger partial charge >= 0.3 is 5.97 Å². The summed E-state index contributed by atoms with van der Waals surface area (Å²) < 4.78 is 0. The average molecular weight is 292 g/mol. The fourth-order valence-corrected chi connectivity index (χ4v) is 1.90. The first-order chi connectivity index (χ1) is 7.08. The monoisotopic (exact) mass is 290 g/mol. The molecule has 0 aliphatic heterocycles. The van der Waals surface area contributed by atoms with Crippen LogP contribution in [0.3, 0.4) is 0 Å². The molecule has 0 aromatic heterocycles. The molecular formula is C11H12BrClO2. The Balaban J connectivity index is 2.36. The van der Waals surface area contributed by atoms with Crippen LogP contribution in [-0.4, -0.2) is 15.9 Å². The number of hydrogen-bond acceptors (Lipinski definition) is 1. The second-order valence-corrected chi connectivity index (χ2v) is 5.09. The summed E-state index contributed by atoms with van der Waals surface area (Å²) in [6.07, 6.45) is 1.84. The lowest BCUT2D eigenvalue weighted by Gasteiger charge is -2.06. The number of rotatable bonds is 5. The van der Waals surface area contributed by atoms with Gasteiger partial charge in [-0.25, -0.2) is 0 Å². The van der Waals surface area contributed by atoms with E-state index in [4.69, 9.17) is 16.7 Å². The Morgan fingerprint density at radius 1 is 1.40 bits per heavy atom. The van der Waals surface area contributed by atoms with E-state index < -0.39 is 5.97 Å². The first-order valence-electron chi connectivity index (χ1n) is 4.68. The minimum atomic E-state index is -0.770. The van der Waals surface area contributed by atoms with E-state index in [1.54, 1.807) is 0 Å². The Morgan fingerprint density at radius 2 is 2.00 bits per heavy atom. The largest absolute Gasteiger partial charge is 0.481 e. The summed E-state index contributed by atoms with van der Waals surface area (Å²) in [4.78, 5) is 10.5. The molecule has 0 aliphatic rings. The molecule has 1 unspecified atom stereocenters. The van der Waals surface area contributed by atoms with Gasteiger partial charge in [-0.1, -0.05) is 39.7 Å². The van der Waals surface area contributed by atoms with Crippen molar-refractivity contribution in [3.05, 3.63) is 34.9 Å². The first kappa shape index (κ1) is 12.5. The van der Waals surface area contributed by atoms with Crippen molar-refractivity contribution in [3.63, 3.8) is 0 Å². The van der Waals surface area contributed by atoms with Crippen molar-refractivity contribution in [1.82, 2.24) is 0 Å². The van der Waals surface area contributed by atoms with E-state index in [1.807, 2.05) is 24.3 Å². The predicted molar refractivity (Wildman–Crippen MR) is 64.7 cm³/mol. The third-order valence-corrected chi connectivity index (χ3v) is 3.09. The van der Waals surface area contributed by atoms with Crippen LogP contribution in [-0.2, 0) is 11.2 Å². The van der Waals surface area contributed by atoms with E-state index in [1.165, 1.54) is 5.56 Å². The molecule has 82 valence electrons. The van der Waals surface area contributed by atoms with Gasteiger partial charge in [-0.3, -0.25) is 4.79 Å². The van der Waals surface area contributed by atoms with Crippen LogP contribution in [0.25, 0.3) is 0 Å². The van der Waals surface area contributed by atoms with E-state index >= 15 is 0 Å². The third kappa shape index (κ3) is 5.19. The molecule has 0 saturated heterocycles. The van der Waals surface area contributed by atoms with E-state index in [9.17, 15) is 4.79 Å². The lowest BCUT2D eigenvalue weighted by atomic mass is 10.1. The number of aliphatic carboxylic acids is 1. The fourth-order valence-electron chi connectivity index (χ4n) is 1.27. The lowest BCUT2D eigenvalue weighted by Crippen LogP contribution is -2.07. The summed E-state index contributed by atoms with van der Waals surface area (Å²) in [6, 6.07) is 7.61. The molecule has 0 fully saturated rings. The molecule has 1 rings (SSSR count). The molecule has 0 amide bonds. The van der Waals surface area contributed by atoms with Crippen molar-refractivity contribution in [2.75, 3.05) is 0 Å². The second kappa shape index (κ2) is 6.13. The highest BCUT2D eigenvalue weighted by Gasteiger charge is 2.09. The summed E-state index contributed by atoms with van der Waals surface area (Å²) in [5.74, 6) is -0.770. The van der Waals surface area contributed by atoms with Crippen molar-refractivity contribution in [1.29, 1.82) is 0 Å². The van der Waals surface area contributed by atoms with Crippen molar-refractivity contribution in [2.45, 2.75) is 24.1 Å². The number of carboxylic acids is 1. The van der Waals surface area contributed by atoms with Crippen molar-refractivity contribution in [2.24, 2.45) is 0 Å². The quantitative estimate of drug-likeness (QED) is 0.843. The van der Waals surface area contributed by atoms with Gasteiger partial charge in [0.05, 0.1) is 6.42 Å². The number of halogens is 2. The molecule has 0 radical (unpaired) electrons. The van der Waals surface area contributed by atoms with Gasteiger partial charge in [0.1, 0.15) is 0 Å². The second-order valence-electron chi connectivity index (χ2n) is 3.36. The van der Waals surface area contributed by atoms with Gasteiger partial charge in [0, 0.05) is 9.85 Å². The zero-order valence-electron chi connectivity index (χ0n) is 8.12. The molecule has 1 aromatic rings. The Kier molecular flexibility index (Phi) is 5.12. The molecule has 0 aliphatic carbocycles. The summed E-state index contributed by atoms with van der Waals surface area (Å²) in [5.41, 5.74) is 1.18. The van der Waals surface area contributed by atoms with Gasteiger partial charge in [-0.2, -0.15) is 0 Å². The van der Waals surface area contributed by atoms with Gasteiger partial charge in [-0.15, -0.1) is 0 Å². The molecule has 0 spiro atoms. The van der Waals surface area contributed by atoms with E-state index in [0.717, 1.165) is 17.9 Å². The smallest absolute Gasteiger partial charge is 0.304 e. The fraction of sp³-hybridized carbons (Fsp3) is 0.364. The van der Waals surface area contributed by atoms with Crippen LogP contribution in [0.1, 0.15) is 18.4 Å².